The van der Waals surface area contributed by atoms with Crippen molar-refractivity contribution in [1.29, 1.82) is 0 Å². The van der Waals surface area contributed by atoms with Gasteiger partial charge < -0.3 is 30.7 Å². The Morgan fingerprint density at radius 2 is 1.39 bits per heavy atom. The quantitative estimate of drug-likeness (QED) is 0.221. The molecule has 0 spiro atoms. The number of aromatic nitrogens is 3. The Morgan fingerprint density at radius 3 is 2.08 bits per heavy atom. The summed E-state index contributed by atoms with van der Waals surface area (Å²) in [5.41, 5.74) is 0.646. The van der Waals surface area contributed by atoms with Crippen LogP contribution in [-0.2, 0) is 9.47 Å². The van der Waals surface area contributed by atoms with Gasteiger partial charge in [0.1, 0.15) is 0 Å². The highest BCUT2D eigenvalue weighted by atomic mass is 16.5. The second kappa shape index (κ2) is 18.3. The lowest BCUT2D eigenvalue weighted by Gasteiger charge is -2.21. The number of rotatable bonds is 17. The highest BCUT2D eigenvalue weighted by Crippen LogP contribution is 2.20. The van der Waals surface area contributed by atoms with Crippen molar-refractivity contribution >= 4 is 23.8 Å². The fourth-order valence-electron chi connectivity index (χ4n) is 4.24. The Kier molecular flexibility index (Phi) is 14.2. The second-order valence-electron chi connectivity index (χ2n) is 9.55. The molecule has 1 saturated carbocycles. The van der Waals surface area contributed by atoms with Crippen LogP contribution in [0.1, 0.15) is 75.1 Å². The first-order chi connectivity index (χ1) is 18.7. The van der Waals surface area contributed by atoms with E-state index in [4.69, 9.17) is 9.47 Å². The first-order valence-electron chi connectivity index (χ1n) is 14.2. The van der Waals surface area contributed by atoms with Crippen molar-refractivity contribution in [3.8, 4) is 0 Å². The van der Waals surface area contributed by atoms with E-state index in [0.717, 1.165) is 32.2 Å². The zero-order valence-electron chi connectivity index (χ0n) is 22.8. The van der Waals surface area contributed by atoms with Crippen molar-refractivity contribution in [1.82, 2.24) is 20.3 Å². The number of carbonyl (C=O) groups is 1. The minimum absolute atomic E-state index is 0.0957. The van der Waals surface area contributed by atoms with Crippen LogP contribution in [0, 0.1) is 0 Å². The van der Waals surface area contributed by atoms with Crippen molar-refractivity contribution in [3.63, 3.8) is 0 Å². The van der Waals surface area contributed by atoms with Gasteiger partial charge in [-0.25, -0.2) is 0 Å². The fraction of sp³-hybridized carbons (Fsp3) is 0.643. The Morgan fingerprint density at radius 1 is 0.789 bits per heavy atom. The summed E-state index contributed by atoms with van der Waals surface area (Å²) in [6.07, 6.45) is 10.9. The number of ether oxygens (including phenoxy) is 2. The van der Waals surface area contributed by atoms with E-state index in [-0.39, 0.29) is 5.91 Å². The summed E-state index contributed by atoms with van der Waals surface area (Å²) in [4.78, 5) is 25.7. The summed E-state index contributed by atoms with van der Waals surface area (Å²) >= 11 is 0. The zero-order chi connectivity index (χ0) is 26.7. The topological polar surface area (TPSA) is 122 Å². The van der Waals surface area contributed by atoms with Gasteiger partial charge in [0.25, 0.3) is 5.91 Å². The van der Waals surface area contributed by atoms with Gasteiger partial charge in [0.2, 0.25) is 17.8 Å². The summed E-state index contributed by atoms with van der Waals surface area (Å²) in [6.45, 7) is 5.92. The van der Waals surface area contributed by atoms with Crippen LogP contribution >= 0.6 is 0 Å². The van der Waals surface area contributed by atoms with Crippen molar-refractivity contribution in [2.45, 2.75) is 70.8 Å². The predicted octanol–water partition coefficient (Wildman–Crippen LogP) is 4.48. The number of nitrogens with one attached hydrogen (secondary N) is 4. The molecule has 4 N–H and O–H groups in total. The van der Waals surface area contributed by atoms with Crippen LogP contribution in [0.5, 0.6) is 0 Å². The number of anilines is 3. The normalized spacial score (nSPS) is 14.3. The van der Waals surface area contributed by atoms with Crippen molar-refractivity contribution in [3.05, 3.63) is 35.9 Å². The maximum absolute atomic E-state index is 12.0. The van der Waals surface area contributed by atoms with Crippen LogP contribution in [0.15, 0.2) is 30.3 Å². The molecule has 1 aliphatic carbocycles. The van der Waals surface area contributed by atoms with Crippen molar-refractivity contribution in [2.75, 3.05) is 62.0 Å². The maximum atomic E-state index is 12.0. The fourth-order valence-corrected chi connectivity index (χ4v) is 4.24. The molecule has 1 aliphatic rings. The van der Waals surface area contributed by atoms with Gasteiger partial charge in [-0.05, 0) is 31.4 Å². The number of amides is 1. The Labute approximate surface area is 227 Å². The largest absolute Gasteiger partial charge is 0.377 e. The third-order valence-electron chi connectivity index (χ3n) is 6.36. The van der Waals surface area contributed by atoms with Crippen LogP contribution in [0.4, 0.5) is 17.8 Å². The van der Waals surface area contributed by atoms with E-state index in [2.05, 4.69) is 43.1 Å². The number of hydrogen-bond donors (Lipinski definition) is 4. The molecule has 0 unspecified atom stereocenters. The van der Waals surface area contributed by atoms with E-state index >= 15 is 0 Å². The monoisotopic (exact) mass is 527 g/mol. The lowest BCUT2D eigenvalue weighted by Crippen LogP contribution is -2.27. The molecule has 1 aromatic carbocycles. The van der Waals surface area contributed by atoms with E-state index in [0.29, 0.717) is 69.0 Å². The van der Waals surface area contributed by atoms with Crippen molar-refractivity contribution in [2.24, 2.45) is 0 Å². The zero-order valence-corrected chi connectivity index (χ0v) is 22.8. The second-order valence-corrected chi connectivity index (χ2v) is 9.55. The Bertz CT molecular complexity index is 909. The smallest absolute Gasteiger partial charge is 0.251 e. The first-order valence-corrected chi connectivity index (χ1v) is 14.2. The molecule has 1 amide bonds. The minimum Gasteiger partial charge on any atom is -0.377 e. The summed E-state index contributed by atoms with van der Waals surface area (Å²) in [7, 11) is 0. The lowest BCUT2D eigenvalue weighted by atomic mass is 9.97. The number of hydrogen-bond acceptors (Lipinski definition) is 9. The van der Waals surface area contributed by atoms with Gasteiger partial charge in [0, 0.05) is 31.2 Å². The van der Waals surface area contributed by atoms with Gasteiger partial charge in [0.05, 0.1) is 26.4 Å². The van der Waals surface area contributed by atoms with Crippen LogP contribution in [0.25, 0.3) is 0 Å². The Balaban J connectivity index is 1.33. The van der Waals surface area contributed by atoms with E-state index in [1.54, 1.807) is 12.1 Å². The molecule has 1 fully saturated rings. The van der Waals surface area contributed by atoms with Crippen LogP contribution in [0.3, 0.4) is 0 Å². The van der Waals surface area contributed by atoms with Crippen LogP contribution < -0.4 is 21.3 Å². The minimum atomic E-state index is -0.0957. The third-order valence-corrected chi connectivity index (χ3v) is 6.36. The molecule has 210 valence electrons. The molecular formula is C28H45N7O3. The molecule has 0 atom stereocenters. The highest BCUT2D eigenvalue weighted by Gasteiger charge is 2.14. The number of benzene rings is 1. The number of nitrogens with zero attached hydrogens (tertiary/aromatic N) is 3. The molecule has 38 heavy (non-hydrogen) atoms. The van der Waals surface area contributed by atoms with Gasteiger partial charge in [-0.3, -0.25) is 4.79 Å². The molecule has 0 aliphatic heterocycles. The molecule has 1 aromatic heterocycles. The summed E-state index contributed by atoms with van der Waals surface area (Å²) in [5, 5.41) is 13.0. The molecule has 0 saturated heterocycles. The first kappa shape index (κ1) is 29.6. The molecular weight excluding hydrogens is 482 g/mol. The Hall–Kier alpha value is -2.98. The third kappa shape index (κ3) is 12.0. The predicted molar refractivity (Wildman–Crippen MR) is 152 cm³/mol. The van der Waals surface area contributed by atoms with Crippen molar-refractivity contribution < 1.29 is 14.3 Å². The van der Waals surface area contributed by atoms with Gasteiger partial charge in [-0.2, -0.15) is 15.0 Å². The summed E-state index contributed by atoms with van der Waals surface area (Å²) in [6, 6.07) is 9.55. The van der Waals surface area contributed by atoms with Gasteiger partial charge in [0.15, 0.2) is 0 Å². The molecule has 3 rings (SSSR count). The van der Waals surface area contributed by atoms with Gasteiger partial charge in [-0.15, -0.1) is 0 Å². The number of carbonyl (C=O) groups excluding carboxylic acids is 1. The lowest BCUT2D eigenvalue weighted by molar-refractivity contribution is 0.0519. The average molecular weight is 528 g/mol. The maximum Gasteiger partial charge on any atom is 0.251 e. The number of unbranched alkanes of at least 4 members (excludes halogenated alkanes) is 1. The van der Waals surface area contributed by atoms with Gasteiger partial charge >= 0.3 is 0 Å². The molecule has 10 heteroatoms. The summed E-state index contributed by atoms with van der Waals surface area (Å²) in [5.74, 6) is 1.67. The molecule has 10 nitrogen and oxygen atoms in total. The molecule has 2 aromatic rings. The van der Waals surface area contributed by atoms with Crippen LogP contribution in [0.2, 0.25) is 0 Å². The molecule has 0 bridgehead atoms. The van der Waals surface area contributed by atoms with E-state index < -0.39 is 0 Å². The SMILES string of the molecule is CCCCNc1nc(NCCOCCOCCNC(=O)c2ccccc2)nc(NC2CCCCCCC2)n1. The molecule has 1 heterocycles. The van der Waals surface area contributed by atoms with Crippen LogP contribution in [-0.4, -0.2) is 73.0 Å². The highest BCUT2D eigenvalue weighted by molar-refractivity contribution is 5.94. The standard InChI is InChI=1S/C28H45N7O3/c1-2-3-16-30-26-33-27(35-28(34-26)32-24-14-10-5-4-6-11-15-24)31-18-20-38-22-21-37-19-17-29-25(36)23-12-8-7-9-13-23/h7-9,12-13,24H,2-6,10-11,14-22H2,1H3,(H,29,36)(H3,30,31,32,33,34,35). The van der Waals surface area contributed by atoms with E-state index in [1.165, 1.54) is 32.1 Å². The summed E-state index contributed by atoms with van der Waals surface area (Å²) < 4.78 is 11.2. The molecule has 0 radical (unpaired) electrons. The average Bonchev–Trinajstić information content (AvgIpc) is 2.91. The van der Waals surface area contributed by atoms with E-state index in [9.17, 15) is 4.79 Å². The van der Waals surface area contributed by atoms with E-state index in [1.807, 2.05) is 18.2 Å². The van der Waals surface area contributed by atoms with Gasteiger partial charge in [-0.1, -0.05) is 63.6 Å².